The minimum absolute atomic E-state index is 0.0376. The van der Waals surface area contributed by atoms with Gasteiger partial charge < -0.3 is 15.3 Å². The van der Waals surface area contributed by atoms with Gasteiger partial charge in [-0.3, -0.25) is 0 Å². The molecular weight excluding hydrogens is 326 g/mol. The molecule has 1 atom stereocenters. The van der Waals surface area contributed by atoms with Crippen LogP contribution in [0.2, 0.25) is 0 Å². The Hall–Kier alpha value is -2.84. The SMILES string of the molecule is N#CCc1ccc(NC(=O)N(CCCO)C2CCc3ccccc32)cc1. The van der Waals surface area contributed by atoms with Crippen LogP contribution in [-0.2, 0) is 12.8 Å². The molecule has 2 amide bonds. The van der Waals surface area contributed by atoms with Gasteiger partial charge in [-0.15, -0.1) is 0 Å². The highest BCUT2D eigenvalue weighted by molar-refractivity contribution is 5.89. The predicted octanol–water partition coefficient (Wildman–Crippen LogP) is 3.66. The van der Waals surface area contributed by atoms with E-state index in [1.54, 1.807) is 0 Å². The molecule has 0 radical (unpaired) electrons. The Labute approximate surface area is 153 Å². The largest absolute Gasteiger partial charge is 0.396 e. The van der Waals surface area contributed by atoms with Crippen LogP contribution in [0.1, 0.15) is 35.6 Å². The van der Waals surface area contributed by atoms with Crippen molar-refractivity contribution in [1.29, 1.82) is 5.26 Å². The highest BCUT2D eigenvalue weighted by Crippen LogP contribution is 2.36. The number of aryl methyl sites for hydroxylation is 1. The molecule has 0 heterocycles. The van der Waals surface area contributed by atoms with Crippen LogP contribution in [0.5, 0.6) is 0 Å². The number of hydrogen-bond donors (Lipinski definition) is 2. The van der Waals surface area contributed by atoms with Crippen LogP contribution in [-0.4, -0.2) is 29.2 Å². The smallest absolute Gasteiger partial charge is 0.322 e. The molecule has 1 unspecified atom stereocenters. The summed E-state index contributed by atoms with van der Waals surface area (Å²) in [7, 11) is 0. The third-order valence-electron chi connectivity index (χ3n) is 4.78. The first-order chi connectivity index (χ1) is 12.7. The van der Waals surface area contributed by atoms with E-state index in [0.717, 1.165) is 18.4 Å². The zero-order chi connectivity index (χ0) is 18.4. The fraction of sp³-hybridized carbons (Fsp3) is 0.333. The van der Waals surface area contributed by atoms with E-state index < -0.39 is 0 Å². The van der Waals surface area contributed by atoms with Gasteiger partial charge in [-0.2, -0.15) is 5.26 Å². The van der Waals surface area contributed by atoms with Crippen LogP contribution in [0.4, 0.5) is 10.5 Å². The van der Waals surface area contributed by atoms with Crippen molar-refractivity contribution in [2.24, 2.45) is 0 Å². The predicted molar refractivity (Wildman–Crippen MR) is 101 cm³/mol. The van der Waals surface area contributed by atoms with E-state index in [1.807, 2.05) is 41.3 Å². The fourth-order valence-electron chi connectivity index (χ4n) is 3.49. The molecule has 0 saturated heterocycles. The summed E-state index contributed by atoms with van der Waals surface area (Å²) in [6, 6.07) is 17.6. The van der Waals surface area contributed by atoms with E-state index in [-0.39, 0.29) is 18.7 Å². The number of carbonyl (C=O) groups is 1. The molecule has 5 nitrogen and oxygen atoms in total. The maximum Gasteiger partial charge on any atom is 0.322 e. The Morgan fingerprint density at radius 3 is 2.73 bits per heavy atom. The Kier molecular flexibility index (Phi) is 5.88. The van der Waals surface area contributed by atoms with E-state index in [0.29, 0.717) is 25.1 Å². The monoisotopic (exact) mass is 349 g/mol. The lowest BCUT2D eigenvalue weighted by molar-refractivity contribution is 0.177. The number of nitrogens with one attached hydrogen (secondary N) is 1. The summed E-state index contributed by atoms with van der Waals surface area (Å²) in [5.74, 6) is 0. The Bertz CT molecular complexity index is 796. The zero-order valence-electron chi connectivity index (χ0n) is 14.7. The number of anilines is 1. The maximum absolute atomic E-state index is 12.9. The third kappa shape index (κ3) is 4.04. The normalized spacial score (nSPS) is 15.2. The highest BCUT2D eigenvalue weighted by Gasteiger charge is 2.30. The molecule has 0 bridgehead atoms. The van der Waals surface area contributed by atoms with Crippen LogP contribution < -0.4 is 5.32 Å². The van der Waals surface area contributed by atoms with Gasteiger partial charge in [-0.25, -0.2) is 4.79 Å². The number of rotatable bonds is 6. The van der Waals surface area contributed by atoms with Crippen molar-refractivity contribution in [3.8, 4) is 6.07 Å². The maximum atomic E-state index is 12.9. The lowest BCUT2D eigenvalue weighted by Gasteiger charge is -2.30. The van der Waals surface area contributed by atoms with Crippen molar-refractivity contribution in [3.63, 3.8) is 0 Å². The first kappa shape index (κ1) is 18.0. The van der Waals surface area contributed by atoms with Gasteiger partial charge in [-0.05, 0) is 48.1 Å². The topological polar surface area (TPSA) is 76.4 Å². The van der Waals surface area contributed by atoms with Crippen LogP contribution in [0.25, 0.3) is 0 Å². The molecule has 1 aliphatic carbocycles. The molecule has 0 spiro atoms. The van der Waals surface area contributed by atoms with Gasteiger partial charge in [-0.1, -0.05) is 36.4 Å². The number of urea groups is 1. The first-order valence-corrected chi connectivity index (χ1v) is 8.95. The number of amides is 2. The molecule has 1 aliphatic rings. The highest BCUT2D eigenvalue weighted by atomic mass is 16.3. The number of carbonyl (C=O) groups excluding carboxylic acids is 1. The standard InChI is InChI=1S/C21H23N3O2/c22-13-12-16-6-9-18(10-7-16)23-21(26)24(14-3-15-25)20-11-8-17-4-1-2-5-19(17)20/h1-2,4-7,9-10,20,25H,3,8,11-12,14-15H2,(H,23,26). The van der Waals surface area contributed by atoms with Crippen molar-refractivity contribution in [2.45, 2.75) is 31.7 Å². The average Bonchev–Trinajstić information content (AvgIpc) is 3.08. The van der Waals surface area contributed by atoms with Crippen molar-refractivity contribution in [2.75, 3.05) is 18.5 Å². The number of benzene rings is 2. The molecule has 0 fully saturated rings. The summed E-state index contributed by atoms with van der Waals surface area (Å²) < 4.78 is 0. The van der Waals surface area contributed by atoms with Gasteiger partial charge in [0.25, 0.3) is 0 Å². The molecular formula is C21H23N3O2. The molecule has 0 aromatic heterocycles. The van der Waals surface area contributed by atoms with Gasteiger partial charge in [0.15, 0.2) is 0 Å². The Morgan fingerprint density at radius 2 is 2.00 bits per heavy atom. The van der Waals surface area contributed by atoms with Gasteiger partial charge in [0.2, 0.25) is 0 Å². The van der Waals surface area contributed by atoms with E-state index in [9.17, 15) is 9.90 Å². The van der Waals surface area contributed by atoms with Crippen LogP contribution in [0.3, 0.4) is 0 Å². The number of nitriles is 1. The Balaban J connectivity index is 1.75. The molecule has 2 aromatic rings. The van der Waals surface area contributed by atoms with Crippen molar-refractivity contribution >= 4 is 11.7 Å². The number of aliphatic hydroxyl groups excluding tert-OH is 1. The number of aliphatic hydroxyl groups is 1. The zero-order valence-corrected chi connectivity index (χ0v) is 14.7. The minimum Gasteiger partial charge on any atom is -0.396 e. The Morgan fingerprint density at radius 1 is 1.23 bits per heavy atom. The van der Waals surface area contributed by atoms with E-state index >= 15 is 0 Å². The lowest BCUT2D eigenvalue weighted by atomic mass is 10.1. The molecule has 5 heteroatoms. The van der Waals surface area contributed by atoms with Gasteiger partial charge >= 0.3 is 6.03 Å². The van der Waals surface area contributed by atoms with E-state index in [4.69, 9.17) is 5.26 Å². The number of nitrogens with zero attached hydrogens (tertiary/aromatic N) is 2. The lowest BCUT2D eigenvalue weighted by Crippen LogP contribution is -2.38. The second kappa shape index (κ2) is 8.50. The molecule has 3 rings (SSSR count). The van der Waals surface area contributed by atoms with E-state index in [1.165, 1.54) is 11.1 Å². The molecule has 2 N–H and O–H groups in total. The second-order valence-corrected chi connectivity index (χ2v) is 6.49. The minimum atomic E-state index is -0.159. The third-order valence-corrected chi connectivity index (χ3v) is 4.78. The summed E-state index contributed by atoms with van der Waals surface area (Å²) in [6.45, 7) is 0.564. The quantitative estimate of drug-likeness (QED) is 0.835. The van der Waals surface area contributed by atoms with Crippen molar-refractivity contribution in [1.82, 2.24) is 4.90 Å². The molecule has 134 valence electrons. The first-order valence-electron chi connectivity index (χ1n) is 8.95. The van der Waals surface area contributed by atoms with Gasteiger partial charge in [0.05, 0.1) is 18.5 Å². The summed E-state index contributed by atoms with van der Waals surface area (Å²) in [5, 5.41) is 20.9. The number of hydrogen-bond acceptors (Lipinski definition) is 3. The summed E-state index contributed by atoms with van der Waals surface area (Å²) in [4.78, 5) is 14.7. The van der Waals surface area contributed by atoms with E-state index in [2.05, 4.69) is 23.5 Å². The van der Waals surface area contributed by atoms with Crippen LogP contribution >= 0.6 is 0 Å². The summed E-state index contributed by atoms with van der Waals surface area (Å²) in [5.41, 5.74) is 4.12. The molecule has 2 aromatic carbocycles. The second-order valence-electron chi connectivity index (χ2n) is 6.49. The molecule has 0 aliphatic heterocycles. The molecule has 26 heavy (non-hydrogen) atoms. The van der Waals surface area contributed by atoms with Gasteiger partial charge in [0.1, 0.15) is 0 Å². The fourth-order valence-corrected chi connectivity index (χ4v) is 3.49. The summed E-state index contributed by atoms with van der Waals surface area (Å²) in [6.07, 6.45) is 2.77. The van der Waals surface area contributed by atoms with Crippen molar-refractivity contribution < 1.29 is 9.90 Å². The molecule has 0 saturated carbocycles. The van der Waals surface area contributed by atoms with Crippen LogP contribution in [0, 0.1) is 11.3 Å². The van der Waals surface area contributed by atoms with Gasteiger partial charge in [0, 0.05) is 18.8 Å². The van der Waals surface area contributed by atoms with Crippen LogP contribution in [0.15, 0.2) is 48.5 Å². The van der Waals surface area contributed by atoms with Crippen molar-refractivity contribution in [3.05, 3.63) is 65.2 Å². The average molecular weight is 349 g/mol. The number of fused-ring (bicyclic) bond motifs is 1. The summed E-state index contributed by atoms with van der Waals surface area (Å²) >= 11 is 0.